The quantitative estimate of drug-likeness (QED) is 0.881. The number of nitrogens with two attached hydrogens (primary N) is 1. The van der Waals surface area contributed by atoms with E-state index in [2.05, 4.69) is 11.1 Å². The first-order valence-corrected chi connectivity index (χ1v) is 5.56. The molecule has 2 rings (SSSR count). The number of ether oxygens (including phenoxy) is 1. The number of aryl methyl sites for hydroxylation is 1. The second-order valence-corrected chi connectivity index (χ2v) is 4.13. The van der Waals surface area contributed by atoms with Crippen LogP contribution >= 0.6 is 0 Å². The van der Waals surface area contributed by atoms with Crippen molar-refractivity contribution in [1.82, 2.24) is 9.55 Å². The van der Waals surface area contributed by atoms with Gasteiger partial charge in [-0.1, -0.05) is 0 Å². The number of aromatic nitrogens is 2. The molecule has 0 spiro atoms. The van der Waals surface area contributed by atoms with Gasteiger partial charge in [0, 0.05) is 11.7 Å². The Morgan fingerprint density at radius 3 is 2.76 bits per heavy atom. The zero-order chi connectivity index (χ0) is 12.4. The van der Waals surface area contributed by atoms with Gasteiger partial charge < -0.3 is 15.0 Å². The maximum atomic E-state index is 5.90. The maximum Gasteiger partial charge on any atom is 0.121 e. The number of methoxy groups -OCH3 is 1. The van der Waals surface area contributed by atoms with Crippen LogP contribution < -0.4 is 10.5 Å². The van der Waals surface area contributed by atoms with E-state index in [1.54, 1.807) is 19.6 Å². The Kier molecular flexibility index (Phi) is 3.15. The predicted octanol–water partition coefficient (Wildman–Crippen LogP) is 2.21. The molecule has 2 aromatic rings. The minimum atomic E-state index is -0.0418. The highest BCUT2D eigenvalue weighted by molar-refractivity contribution is 5.44. The van der Waals surface area contributed by atoms with Crippen molar-refractivity contribution >= 4 is 0 Å². The summed E-state index contributed by atoms with van der Waals surface area (Å²) in [5, 5.41) is 0. The van der Waals surface area contributed by atoms with Crippen molar-refractivity contribution in [3.05, 3.63) is 42.0 Å². The van der Waals surface area contributed by atoms with Gasteiger partial charge in [-0.05, 0) is 37.6 Å². The van der Waals surface area contributed by atoms with E-state index in [4.69, 9.17) is 10.5 Å². The molecule has 0 aliphatic rings. The molecule has 17 heavy (non-hydrogen) atoms. The Morgan fingerprint density at radius 2 is 2.18 bits per heavy atom. The third-order valence-corrected chi connectivity index (χ3v) is 2.79. The van der Waals surface area contributed by atoms with E-state index in [1.807, 2.05) is 30.5 Å². The van der Waals surface area contributed by atoms with Crippen LogP contribution in [0.4, 0.5) is 0 Å². The van der Waals surface area contributed by atoms with Crippen molar-refractivity contribution in [2.45, 2.75) is 19.9 Å². The molecule has 0 aliphatic carbocycles. The van der Waals surface area contributed by atoms with Crippen molar-refractivity contribution in [3.8, 4) is 11.4 Å². The van der Waals surface area contributed by atoms with Crippen LogP contribution in [0.5, 0.6) is 5.75 Å². The molecule has 0 radical (unpaired) electrons. The minimum Gasteiger partial charge on any atom is -0.496 e. The van der Waals surface area contributed by atoms with E-state index in [0.29, 0.717) is 0 Å². The van der Waals surface area contributed by atoms with Crippen LogP contribution in [0.3, 0.4) is 0 Å². The summed E-state index contributed by atoms with van der Waals surface area (Å²) in [6.07, 6.45) is 3.57. The van der Waals surface area contributed by atoms with Crippen LogP contribution in [0.2, 0.25) is 0 Å². The third kappa shape index (κ3) is 2.17. The lowest BCUT2D eigenvalue weighted by molar-refractivity contribution is 0.411. The molecule has 1 aromatic carbocycles. The van der Waals surface area contributed by atoms with E-state index >= 15 is 0 Å². The summed E-state index contributed by atoms with van der Waals surface area (Å²) in [4.78, 5) is 4.14. The molecule has 90 valence electrons. The van der Waals surface area contributed by atoms with E-state index in [1.165, 1.54) is 0 Å². The molecule has 0 fully saturated rings. The number of hydrogen-bond donors (Lipinski definition) is 1. The molecule has 1 atom stereocenters. The summed E-state index contributed by atoms with van der Waals surface area (Å²) in [5.41, 5.74) is 9.04. The van der Waals surface area contributed by atoms with Crippen LogP contribution in [0, 0.1) is 6.92 Å². The molecule has 0 saturated carbocycles. The number of hydrogen-bond acceptors (Lipinski definition) is 3. The topological polar surface area (TPSA) is 53.1 Å². The third-order valence-electron chi connectivity index (χ3n) is 2.79. The number of nitrogens with zero attached hydrogens (tertiary/aromatic N) is 2. The molecule has 0 saturated heterocycles. The molecule has 4 heteroatoms. The molecular weight excluding hydrogens is 214 g/mol. The SMILES string of the molecule is COc1ccc(-n2cncc2[C@@H](C)N)cc1C. The number of rotatable bonds is 3. The van der Waals surface area contributed by atoms with Gasteiger partial charge in [0.05, 0.1) is 25.3 Å². The molecule has 0 bridgehead atoms. The van der Waals surface area contributed by atoms with Gasteiger partial charge in [-0.2, -0.15) is 0 Å². The number of imidazole rings is 1. The van der Waals surface area contributed by atoms with Crippen LogP contribution in [-0.2, 0) is 0 Å². The summed E-state index contributed by atoms with van der Waals surface area (Å²) >= 11 is 0. The molecule has 1 aromatic heterocycles. The second-order valence-electron chi connectivity index (χ2n) is 4.13. The average Bonchev–Trinajstić information content (AvgIpc) is 2.77. The van der Waals surface area contributed by atoms with Gasteiger partial charge in [0.2, 0.25) is 0 Å². The van der Waals surface area contributed by atoms with Crippen LogP contribution in [0.15, 0.2) is 30.7 Å². The van der Waals surface area contributed by atoms with Gasteiger partial charge in [-0.25, -0.2) is 4.98 Å². The van der Waals surface area contributed by atoms with Gasteiger partial charge in [0.1, 0.15) is 5.75 Å². The maximum absolute atomic E-state index is 5.90. The fourth-order valence-corrected chi connectivity index (χ4v) is 1.87. The van der Waals surface area contributed by atoms with Crippen molar-refractivity contribution in [1.29, 1.82) is 0 Å². The first kappa shape index (κ1) is 11.7. The predicted molar refractivity (Wildman–Crippen MR) is 67.5 cm³/mol. The molecule has 0 unspecified atom stereocenters. The summed E-state index contributed by atoms with van der Waals surface area (Å²) < 4.78 is 7.24. The lowest BCUT2D eigenvalue weighted by atomic mass is 10.2. The Bertz CT molecular complexity index is 517. The van der Waals surface area contributed by atoms with E-state index in [9.17, 15) is 0 Å². The zero-order valence-electron chi connectivity index (χ0n) is 10.3. The van der Waals surface area contributed by atoms with Crippen LogP contribution in [-0.4, -0.2) is 16.7 Å². The molecule has 0 aliphatic heterocycles. The highest BCUT2D eigenvalue weighted by atomic mass is 16.5. The molecular formula is C13H17N3O. The Labute approximate surface area is 101 Å². The largest absolute Gasteiger partial charge is 0.496 e. The van der Waals surface area contributed by atoms with E-state index in [-0.39, 0.29) is 6.04 Å². The van der Waals surface area contributed by atoms with E-state index < -0.39 is 0 Å². The molecule has 4 nitrogen and oxygen atoms in total. The lowest BCUT2D eigenvalue weighted by Crippen LogP contribution is -2.10. The summed E-state index contributed by atoms with van der Waals surface area (Å²) in [7, 11) is 1.67. The van der Waals surface area contributed by atoms with Gasteiger partial charge in [-0.15, -0.1) is 0 Å². The molecule has 0 amide bonds. The fraction of sp³-hybridized carbons (Fsp3) is 0.308. The molecule has 2 N–H and O–H groups in total. The number of benzene rings is 1. The lowest BCUT2D eigenvalue weighted by Gasteiger charge is -2.12. The Hall–Kier alpha value is -1.81. The van der Waals surface area contributed by atoms with Crippen molar-refractivity contribution in [2.24, 2.45) is 5.73 Å². The van der Waals surface area contributed by atoms with Crippen molar-refractivity contribution < 1.29 is 4.74 Å². The highest BCUT2D eigenvalue weighted by Gasteiger charge is 2.09. The van der Waals surface area contributed by atoms with E-state index in [0.717, 1.165) is 22.7 Å². The van der Waals surface area contributed by atoms with Crippen LogP contribution in [0.25, 0.3) is 5.69 Å². The Balaban J connectivity index is 2.46. The van der Waals surface area contributed by atoms with Gasteiger partial charge >= 0.3 is 0 Å². The van der Waals surface area contributed by atoms with Crippen molar-refractivity contribution in [3.63, 3.8) is 0 Å². The van der Waals surface area contributed by atoms with Crippen molar-refractivity contribution in [2.75, 3.05) is 7.11 Å². The summed E-state index contributed by atoms with van der Waals surface area (Å²) in [6, 6.07) is 5.97. The second kappa shape index (κ2) is 4.59. The van der Waals surface area contributed by atoms with Gasteiger partial charge in [0.15, 0.2) is 0 Å². The van der Waals surface area contributed by atoms with Crippen LogP contribution in [0.1, 0.15) is 24.2 Å². The molecule has 1 heterocycles. The Morgan fingerprint density at radius 1 is 1.41 bits per heavy atom. The summed E-state index contributed by atoms with van der Waals surface area (Å²) in [5.74, 6) is 0.885. The van der Waals surface area contributed by atoms with Gasteiger partial charge in [0.25, 0.3) is 0 Å². The zero-order valence-corrected chi connectivity index (χ0v) is 10.3. The normalized spacial score (nSPS) is 12.5. The highest BCUT2D eigenvalue weighted by Crippen LogP contribution is 2.22. The standard InChI is InChI=1S/C13H17N3O/c1-9-6-11(4-5-13(9)17-3)16-8-15-7-12(16)10(2)14/h4-8,10H,14H2,1-3H3/t10-/m1/s1. The fourth-order valence-electron chi connectivity index (χ4n) is 1.87. The first-order chi connectivity index (χ1) is 8.13. The first-order valence-electron chi connectivity index (χ1n) is 5.56. The van der Waals surface area contributed by atoms with Gasteiger partial charge in [-0.3, -0.25) is 0 Å². The minimum absolute atomic E-state index is 0.0418. The smallest absolute Gasteiger partial charge is 0.121 e. The summed E-state index contributed by atoms with van der Waals surface area (Å²) in [6.45, 7) is 3.97. The monoisotopic (exact) mass is 231 g/mol. The average molecular weight is 231 g/mol.